The Morgan fingerprint density at radius 3 is 2.36 bits per heavy atom. The van der Waals surface area contributed by atoms with E-state index in [1.165, 1.54) is 12.0 Å². The average Bonchev–Trinajstić information content (AvgIpc) is 2.87. The predicted molar refractivity (Wildman–Crippen MR) is 111 cm³/mol. The number of nitrogens with zero attached hydrogens (tertiary/aromatic N) is 1. The summed E-state index contributed by atoms with van der Waals surface area (Å²) in [6.07, 6.45) is 0. The smallest absolute Gasteiger partial charge is 0.278 e. The zero-order valence-electron chi connectivity index (χ0n) is 16.4. The van der Waals surface area contributed by atoms with E-state index in [0.29, 0.717) is 34.1 Å². The molecule has 3 rings (SSSR count). The summed E-state index contributed by atoms with van der Waals surface area (Å²) >= 11 is 6.12. The molecule has 2 aromatic rings. The Hall–Kier alpha value is -2.79. The summed E-state index contributed by atoms with van der Waals surface area (Å²) < 4.78 is 5.37. The van der Waals surface area contributed by atoms with Crippen LogP contribution in [0, 0.1) is 12.8 Å². The highest BCUT2D eigenvalue weighted by Gasteiger charge is 2.39. The van der Waals surface area contributed by atoms with Crippen LogP contribution in [0.1, 0.15) is 25.0 Å². The van der Waals surface area contributed by atoms with Crippen LogP contribution < -0.4 is 10.1 Å². The number of ether oxygens (including phenoxy) is 1. The van der Waals surface area contributed by atoms with Crippen molar-refractivity contribution in [2.24, 2.45) is 5.92 Å². The number of aryl methyl sites for hydroxylation is 1. The van der Waals surface area contributed by atoms with Gasteiger partial charge in [-0.2, -0.15) is 0 Å². The van der Waals surface area contributed by atoms with Crippen LogP contribution in [0.5, 0.6) is 5.75 Å². The van der Waals surface area contributed by atoms with Gasteiger partial charge in [0.05, 0.1) is 18.4 Å². The summed E-state index contributed by atoms with van der Waals surface area (Å²) in [5.41, 5.74) is 2.88. The molecule has 1 aliphatic heterocycles. The van der Waals surface area contributed by atoms with Crippen LogP contribution in [0.3, 0.4) is 0 Å². The second-order valence-electron chi connectivity index (χ2n) is 7.20. The first-order chi connectivity index (χ1) is 13.3. The number of nitrogens with one attached hydrogen (secondary N) is 1. The van der Waals surface area contributed by atoms with Crippen molar-refractivity contribution in [2.75, 3.05) is 19.0 Å². The monoisotopic (exact) mass is 398 g/mol. The largest absolute Gasteiger partial charge is 0.495 e. The van der Waals surface area contributed by atoms with E-state index in [0.717, 1.165) is 5.56 Å². The highest BCUT2D eigenvalue weighted by Crippen LogP contribution is 2.35. The molecule has 0 aliphatic carbocycles. The molecular weight excluding hydrogens is 376 g/mol. The lowest BCUT2D eigenvalue weighted by Gasteiger charge is -2.17. The van der Waals surface area contributed by atoms with Crippen LogP contribution in [0.2, 0.25) is 5.02 Å². The zero-order valence-corrected chi connectivity index (χ0v) is 17.1. The lowest BCUT2D eigenvalue weighted by Crippen LogP contribution is -2.35. The standard InChI is InChI=1S/C22H23ClN2O3/c1-13(2)12-25-21(26)19(15-7-5-14(3)6-8-15)20(22(25)27)24-17-11-16(23)9-10-18(17)28-4/h5-11,13,24H,12H2,1-4H3. The van der Waals surface area contributed by atoms with Gasteiger partial charge in [0.25, 0.3) is 11.8 Å². The summed E-state index contributed by atoms with van der Waals surface area (Å²) in [4.78, 5) is 27.5. The minimum Gasteiger partial charge on any atom is -0.495 e. The highest BCUT2D eigenvalue weighted by atomic mass is 35.5. The van der Waals surface area contributed by atoms with Crippen molar-refractivity contribution in [3.8, 4) is 5.75 Å². The lowest BCUT2D eigenvalue weighted by molar-refractivity contribution is -0.137. The molecule has 0 aromatic heterocycles. The van der Waals surface area contributed by atoms with Crippen molar-refractivity contribution >= 4 is 34.7 Å². The first-order valence-electron chi connectivity index (χ1n) is 9.10. The molecule has 6 heteroatoms. The van der Waals surface area contributed by atoms with Crippen LogP contribution in [0.15, 0.2) is 48.2 Å². The van der Waals surface area contributed by atoms with E-state index in [2.05, 4.69) is 5.32 Å². The van der Waals surface area contributed by atoms with E-state index in [4.69, 9.17) is 16.3 Å². The van der Waals surface area contributed by atoms with Crippen LogP contribution >= 0.6 is 11.6 Å². The molecule has 0 unspecified atom stereocenters. The summed E-state index contributed by atoms with van der Waals surface area (Å²) in [5.74, 6) is 0.0392. The third-order valence-corrected chi connectivity index (χ3v) is 4.71. The van der Waals surface area contributed by atoms with Gasteiger partial charge in [0.15, 0.2) is 0 Å². The minimum atomic E-state index is -0.351. The number of amides is 2. The van der Waals surface area contributed by atoms with Gasteiger partial charge in [0, 0.05) is 11.6 Å². The van der Waals surface area contributed by atoms with Crippen LogP contribution in [-0.2, 0) is 9.59 Å². The SMILES string of the molecule is COc1ccc(Cl)cc1NC1=C(c2ccc(C)cc2)C(=O)N(CC(C)C)C1=O. The maximum atomic E-state index is 13.1. The van der Waals surface area contributed by atoms with Gasteiger partial charge < -0.3 is 10.1 Å². The van der Waals surface area contributed by atoms with Crippen molar-refractivity contribution < 1.29 is 14.3 Å². The van der Waals surface area contributed by atoms with Gasteiger partial charge in [-0.3, -0.25) is 14.5 Å². The van der Waals surface area contributed by atoms with Gasteiger partial charge in [-0.25, -0.2) is 0 Å². The van der Waals surface area contributed by atoms with E-state index in [1.807, 2.05) is 45.0 Å². The van der Waals surface area contributed by atoms with Crippen molar-refractivity contribution in [3.63, 3.8) is 0 Å². The first kappa shape index (κ1) is 20.0. The van der Waals surface area contributed by atoms with Gasteiger partial charge in [0.2, 0.25) is 0 Å². The number of rotatable bonds is 6. The molecule has 28 heavy (non-hydrogen) atoms. The summed E-state index contributed by atoms with van der Waals surface area (Å²) in [7, 11) is 1.54. The number of carbonyl (C=O) groups is 2. The molecule has 146 valence electrons. The Kier molecular flexibility index (Phi) is 5.75. The molecule has 0 radical (unpaired) electrons. The molecular formula is C22H23ClN2O3. The third kappa shape index (κ3) is 3.90. The van der Waals surface area contributed by atoms with E-state index in [9.17, 15) is 9.59 Å². The maximum absolute atomic E-state index is 13.1. The van der Waals surface area contributed by atoms with Crippen LogP contribution in [0.4, 0.5) is 5.69 Å². The molecule has 2 aromatic carbocycles. The van der Waals surface area contributed by atoms with Crippen LogP contribution in [0.25, 0.3) is 5.57 Å². The number of halogens is 1. The maximum Gasteiger partial charge on any atom is 0.278 e. The molecule has 0 fully saturated rings. The fourth-order valence-corrected chi connectivity index (χ4v) is 3.30. The predicted octanol–water partition coefficient (Wildman–Crippen LogP) is 4.51. The Labute approximate surface area is 169 Å². The van der Waals surface area contributed by atoms with E-state index >= 15 is 0 Å². The molecule has 0 spiro atoms. The topological polar surface area (TPSA) is 58.6 Å². The average molecular weight is 399 g/mol. The molecule has 1 heterocycles. The van der Waals surface area contributed by atoms with Crippen LogP contribution in [-0.4, -0.2) is 30.4 Å². The van der Waals surface area contributed by atoms with Gasteiger partial charge >= 0.3 is 0 Å². The number of imide groups is 1. The Bertz CT molecular complexity index is 949. The quantitative estimate of drug-likeness (QED) is 0.727. The van der Waals surface area contributed by atoms with Gasteiger partial charge in [-0.1, -0.05) is 55.3 Å². The van der Waals surface area contributed by atoms with Crippen molar-refractivity contribution in [2.45, 2.75) is 20.8 Å². The van der Waals surface area contributed by atoms with Crippen molar-refractivity contribution in [1.82, 2.24) is 4.90 Å². The Morgan fingerprint density at radius 1 is 1.07 bits per heavy atom. The number of hydrogen-bond acceptors (Lipinski definition) is 4. The van der Waals surface area contributed by atoms with E-state index in [-0.39, 0.29) is 23.4 Å². The lowest BCUT2D eigenvalue weighted by atomic mass is 10.0. The Balaban J connectivity index is 2.11. The highest BCUT2D eigenvalue weighted by molar-refractivity contribution is 6.36. The number of methoxy groups -OCH3 is 1. The second kappa shape index (κ2) is 8.07. The Morgan fingerprint density at radius 2 is 1.75 bits per heavy atom. The number of anilines is 1. The summed E-state index contributed by atoms with van der Waals surface area (Å²) in [6, 6.07) is 12.6. The van der Waals surface area contributed by atoms with Crippen molar-refractivity contribution in [3.05, 3.63) is 64.3 Å². The van der Waals surface area contributed by atoms with Gasteiger partial charge in [-0.15, -0.1) is 0 Å². The van der Waals surface area contributed by atoms with Gasteiger partial charge in [-0.05, 0) is 36.6 Å². The molecule has 0 saturated heterocycles. The molecule has 5 nitrogen and oxygen atoms in total. The molecule has 1 aliphatic rings. The number of benzene rings is 2. The molecule has 0 saturated carbocycles. The molecule has 0 bridgehead atoms. The van der Waals surface area contributed by atoms with Crippen molar-refractivity contribution in [1.29, 1.82) is 0 Å². The number of carbonyl (C=O) groups excluding carboxylic acids is 2. The number of hydrogen-bond donors (Lipinski definition) is 1. The summed E-state index contributed by atoms with van der Waals surface area (Å²) in [5, 5.41) is 3.60. The first-order valence-corrected chi connectivity index (χ1v) is 9.47. The molecule has 0 atom stereocenters. The summed E-state index contributed by atoms with van der Waals surface area (Å²) in [6.45, 7) is 6.26. The fraction of sp³-hybridized carbons (Fsp3) is 0.273. The second-order valence-corrected chi connectivity index (χ2v) is 7.64. The fourth-order valence-electron chi connectivity index (χ4n) is 3.12. The zero-order chi connectivity index (χ0) is 20.4. The van der Waals surface area contributed by atoms with Gasteiger partial charge in [0.1, 0.15) is 11.4 Å². The minimum absolute atomic E-state index is 0.159. The normalized spacial score (nSPS) is 14.3. The van der Waals surface area contributed by atoms with E-state index in [1.54, 1.807) is 18.2 Å². The van der Waals surface area contributed by atoms with E-state index < -0.39 is 0 Å². The molecule has 1 N–H and O–H groups in total. The third-order valence-electron chi connectivity index (χ3n) is 4.48. The molecule has 2 amide bonds.